The van der Waals surface area contributed by atoms with Gasteiger partial charge in [0.15, 0.2) is 23.1 Å². The lowest BCUT2D eigenvalue weighted by Gasteiger charge is -2.10. The number of methoxy groups -OCH3 is 1. The van der Waals surface area contributed by atoms with E-state index in [1.165, 1.54) is 37.5 Å². The highest BCUT2D eigenvalue weighted by Crippen LogP contribution is 2.28. The second kappa shape index (κ2) is 10.8. The number of carbonyl (C=O) groups is 1. The fourth-order valence-electron chi connectivity index (χ4n) is 2.90. The minimum Gasteiger partial charge on any atom is -0.493 e. The van der Waals surface area contributed by atoms with Gasteiger partial charge in [-0.25, -0.2) is 17.2 Å². The molecule has 7 nitrogen and oxygen atoms in total. The smallest absolute Gasteiger partial charge is 0.261 e. The molecular weight excluding hydrogens is 466 g/mol. The molecule has 0 aliphatic heterocycles. The molecule has 10 heteroatoms. The number of nitrogens with one attached hydrogen (secondary N) is 2. The van der Waals surface area contributed by atoms with Gasteiger partial charge < -0.3 is 14.8 Å². The summed E-state index contributed by atoms with van der Waals surface area (Å²) >= 11 is 0. The van der Waals surface area contributed by atoms with Crippen molar-refractivity contribution < 1.29 is 31.5 Å². The van der Waals surface area contributed by atoms with Gasteiger partial charge in [-0.2, -0.15) is 0 Å². The van der Waals surface area contributed by atoms with Crippen LogP contribution in [0.1, 0.15) is 12.5 Å². The van der Waals surface area contributed by atoms with E-state index in [-0.39, 0.29) is 5.69 Å². The molecule has 0 fully saturated rings. The van der Waals surface area contributed by atoms with E-state index in [9.17, 15) is 22.0 Å². The lowest BCUT2D eigenvalue weighted by Crippen LogP contribution is -2.13. The number of carbonyl (C=O) groups excluding carboxylic acids is 1. The van der Waals surface area contributed by atoms with Crippen molar-refractivity contribution in [1.29, 1.82) is 0 Å². The third kappa shape index (κ3) is 6.32. The first-order valence-electron chi connectivity index (χ1n) is 10.1. The Hall–Kier alpha value is -3.92. The fourth-order valence-corrected chi connectivity index (χ4v) is 3.97. The van der Waals surface area contributed by atoms with Crippen molar-refractivity contribution in [1.82, 2.24) is 0 Å². The Morgan fingerprint density at radius 3 is 2.29 bits per heavy atom. The van der Waals surface area contributed by atoms with Crippen LogP contribution in [0.5, 0.6) is 11.5 Å². The first kappa shape index (κ1) is 24.7. The van der Waals surface area contributed by atoms with Crippen molar-refractivity contribution in [2.45, 2.75) is 11.8 Å². The predicted octanol–water partition coefficient (Wildman–Crippen LogP) is 4.82. The highest BCUT2D eigenvalue weighted by molar-refractivity contribution is 7.92. The van der Waals surface area contributed by atoms with Crippen LogP contribution >= 0.6 is 0 Å². The Morgan fingerprint density at radius 2 is 1.65 bits per heavy atom. The maximum absolute atomic E-state index is 13.4. The van der Waals surface area contributed by atoms with Crippen molar-refractivity contribution in [2.24, 2.45) is 0 Å². The van der Waals surface area contributed by atoms with Gasteiger partial charge in [-0.1, -0.05) is 6.07 Å². The molecule has 3 aromatic rings. The normalized spacial score (nSPS) is 11.3. The van der Waals surface area contributed by atoms with Crippen LogP contribution in [0.2, 0.25) is 0 Å². The Bertz CT molecular complexity index is 1310. The molecule has 0 bridgehead atoms. The highest BCUT2D eigenvalue weighted by atomic mass is 32.2. The number of hydrogen-bond acceptors (Lipinski definition) is 5. The number of halogens is 2. The van der Waals surface area contributed by atoms with Crippen molar-refractivity contribution in [3.05, 3.63) is 83.9 Å². The zero-order valence-corrected chi connectivity index (χ0v) is 19.2. The zero-order chi connectivity index (χ0) is 24.7. The average molecular weight is 489 g/mol. The molecule has 3 aromatic carbocycles. The Kier molecular flexibility index (Phi) is 7.85. The summed E-state index contributed by atoms with van der Waals surface area (Å²) in [5.41, 5.74) is 1.34. The van der Waals surface area contributed by atoms with Crippen LogP contribution in [0.4, 0.5) is 20.2 Å². The Balaban J connectivity index is 1.63. The summed E-state index contributed by atoms with van der Waals surface area (Å²) in [6.45, 7) is 2.37. The van der Waals surface area contributed by atoms with Crippen LogP contribution in [0, 0.1) is 11.6 Å². The summed E-state index contributed by atoms with van der Waals surface area (Å²) < 4.78 is 64.1. The molecule has 0 aliphatic carbocycles. The van der Waals surface area contributed by atoms with E-state index in [4.69, 9.17) is 9.47 Å². The number of sulfonamides is 1. The van der Waals surface area contributed by atoms with Crippen LogP contribution in [-0.2, 0) is 14.8 Å². The molecule has 0 saturated heterocycles. The molecule has 0 spiro atoms. The van der Waals surface area contributed by atoms with E-state index in [0.29, 0.717) is 29.9 Å². The molecular formula is C24H22F2N2O5S. The van der Waals surface area contributed by atoms with Gasteiger partial charge >= 0.3 is 0 Å². The summed E-state index contributed by atoms with van der Waals surface area (Å²) in [6, 6.07) is 13.4. The van der Waals surface area contributed by atoms with Gasteiger partial charge in [0.1, 0.15) is 0 Å². The number of ether oxygens (including phenoxy) is 2. The molecule has 0 radical (unpaired) electrons. The SMILES string of the molecule is CCOc1ccc(C=CC(=O)Nc2ccc(NS(=O)(=O)c3ccc(F)c(F)c3)cc2)cc1OC. The van der Waals surface area contributed by atoms with Gasteiger partial charge in [0.05, 0.1) is 18.6 Å². The van der Waals surface area contributed by atoms with Crippen molar-refractivity contribution in [2.75, 3.05) is 23.8 Å². The quantitative estimate of drug-likeness (QED) is 0.421. The Labute approximate surface area is 196 Å². The molecule has 0 heterocycles. The van der Waals surface area contributed by atoms with Crippen molar-refractivity contribution in [3.8, 4) is 11.5 Å². The highest BCUT2D eigenvalue weighted by Gasteiger charge is 2.16. The van der Waals surface area contributed by atoms with Crippen LogP contribution in [0.3, 0.4) is 0 Å². The second-order valence-corrected chi connectivity index (χ2v) is 8.61. The Morgan fingerprint density at radius 1 is 0.941 bits per heavy atom. The standard InChI is InChI=1S/C24H22F2N2O5S/c1-3-33-22-12-4-16(14-23(22)32-2)5-13-24(29)27-17-6-8-18(9-7-17)28-34(30,31)19-10-11-20(25)21(26)15-19/h4-15,28H,3H2,1-2H3,(H,27,29). The van der Waals surface area contributed by atoms with Crippen molar-refractivity contribution in [3.63, 3.8) is 0 Å². The largest absolute Gasteiger partial charge is 0.493 e. The summed E-state index contributed by atoms with van der Waals surface area (Å²) in [7, 11) is -2.59. The van der Waals surface area contributed by atoms with Gasteiger partial charge in [-0.15, -0.1) is 0 Å². The third-order valence-electron chi connectivity index (χ3n) is 4.52. The molecule has 0 aliphatic rings. The molecule has 0 atom stereocenters. The van der Waals surface area contributed by atoms with E-state index in [0.717, 1.165) is 17.7 Å². The van der Waals surface area contributed by atoms with E-state index in [2.05, 4.69) is 10.0 Å². The summed E-state index contributed by atoms with van der Waals surface area (Å²) in [5, 5.41) is 2.66. The van der Waals surface area contributed by atoms with Crippen molar-refractivity contribution >= 4 is 33.4 Å². The number of rotatable bonds is 9. The van der Waals surface area contributed by atoms with Gasteiger partial charge in [-0.3, -0.25) is 9.52 Å². The predicted molar refractivity (Wildman–Crippen MR) is 125 cm³/mol. The lowest BCUT2D eigenvalue weighted by atomic mass is 10.2. The fraction of sp³-hybridized carbons (Fsp3) is 0.125. The van der Waals surface area contributed by atoms with Crippen LogP contribution in [0.25, 0.3) is 6.08 Å². The first-order valence-corrected chi connectivity index (χ1v) is 11.6. The maximum Gasteiger partial charge on any atom is 0.261 e. The number of benzene rings is 3. The van der Waals surface area contributed by atoms with Crippen LogP contribution in [-0.4, -0.2) is 28.0 Å². The van der Waals surface area contributed by atoms with Crippen LogP contribution in [0.15, 0.2) is 71.6 Å². The van der Waals surface area contributed by atoms with E-state index >= 15 is 0 Å². The van der Waals surface area contributed by atoms with Gasteiger partial charge in [0.2, 0.25) is 5.91 Å². The zero-order valence-electron chi connectivity index (χ0n) is 18.3. The molecule has 0 aromatic heterocycles. The van der Waals surface area contributed by atoms with E-state index in [1.807, 2.05) is 6.92 Å². The molecule has 34 heavy (non-hydrogen) atoms. The van der Waals surface area contributed by atoms with Gasteiger partial charge in [-0.05, 0) is 73.2 Å². The molecule has 3 rings (SSSR count). The minimum absolute atomic E-state index is 0.180. The average Bonchev–Trinajstić information content (AvgIpc) is 2.81. The molecule has 0 unspecified atom stereocenters. The first-order chi connectivity index (χ1) is 16.2. The lowest BCUT2D eigenvalue weighted by molar-refractivity contribution is -0.111. The van der Waals surface area contributed by atoms with Gasteiger partial charge in [0.25, 0.3) is 10.0 Å². The molecule has 0 saturated carbocycles. The topological polar surface area (TPSA) is 93.7 Å². The summed E-state index contributed by atoms with van der Waals surface area (Å²) in [5.74, 6) is -1.66. The number of amides is 1. The third-order valence-corrected chi connectivity index (χ3v) is 5.90. The van der Waals surface area contributed by atoms with E-state index < -0.39 is 32.5 Å². The second-order valence-electron chi connectivity index (χ2n) is 6.92. The van der Waals surface area contributed by atoms with E-state index in [1.54, 1.807) is 24.3 Å². The maximum atomic E-state index is 13.4. The monoisotopic (exact) mass is 488 g/mol. The van der Waals surface area contributed by atoms with Gasteiger partial charge in [0, 0.05) is 17.5 Å². The molecule has 178 valence electrons. The summed E-state index contributed by atoms with van der Waals surface area (Å²) in [4.78, 5) is 11.8. The molecule has 2 N–H and O–H groups in total. The summed E-state index contributed by atoms with van der Waals surface area (Å²) in [6.07, 6.45) is 2.95. The number of hydrogen-bond donors (Lipinski definition) is 2. The van der Waals surface area contributed by atoms with Crippen LogP contribution < -0.4 is 19.5 Å². The minimum atomic E-state index is -4.11. The molecule has 1 amide bonds. The number of anilines is 2.